The number of piperazine rings is 1. The van der Waals surface area contributed by atoms with Gasteiger partial charge in [-0.3, -0.25) is 4.79 Å². The van der Waals surface area contributed by atoms with Gasteiger partial charge in [-0.15, -0.1) is 0 Å². The van der Waals surface area contributed by atoms with E-state index in [1.807, 2.05) is 31.2 Å². The molecule has 0 unspecified atom stereocenters. The van der Waals surface area contributed by atoms with Gasteiger partial charge in [0, 0.05) is 44.8 Å². The van der Waals surface area contributed by atoms with Gasteiger partial charge in [-0.05, 0) is 24.6 Å². The SMILES string of the molecule is Cc1cccc(NC(=O)CCN2CCNCC2)c1. The molecule has 1 saturated heterocycles. The second kappa shape index (κ2) is 6.52. The van der Waals surface area contributed by atoms with Crippen molar-refractivity contribution in [3.8, 4) is 0 Å². The topological polar surface area (TPSA) is 44.4 Å². The molecule has 18 heavy (non-hydrogen) atoms. The zero-order valence-corrected chi connectivity index (χ0v) is 10.9. The first-order valence-electron chi connectivity index (χ1n) is 6.53. The van der Waals surface area contributed by atoms with Gasteiger partial charge in [-0.1, -0.05) is 12.1 Å². The molecule has 2 rings (SSSR count). The summed E-state index contributed by atoms with van der Waals surface area (Å²) in [5.74, 6) is 0.0964. The number of carbonyl (C=O) groups is 1. The number of nitrogens with one attached hydrogen (secondary N) is 2. The molecule has 1 heterocycles. The Hall–Kier alpha value is -1.39. The van der Waals surface area contributed by atoms with Crippen molar-refractivity contribution in [2.45, 2.75) is 13.3 Å². The Balaban J connectivity index is 1.74. The van der Waals surface area contributed by atoms with Crippen molar-refractivity contribution in [3.05, 3.63) is 29.8 Å². The summed E-state index contributed by atoms with van der Waals surface area (Å²) in [5.41, 5.74) is 2.05. The minimum Gasteiger partial charge on any atom is -0.326 e. The van der Waals surface area contributed by atoms with Crippen molar-refractivity contribution in [1.29, 1.82) is 0 Å². The van der Waals surface area contributed by atoms with Crippen molar-refractivity contribution in [1.82, 2.24) is 10.2 Å². The van der Waals surface area contributed by atoms with Gasteiger partial charge in [-0.25, -0.2) is 0 Å². The Bertz CT molecular complexity index is 400. The van der Waals surface area contributed by atoms with E-state index in [4.69, 9.17) is 0 Å². The van der Waals surface area contributed by atoms with E-state index in [0.29, 0.717) is 6.42 Å². The largest absolute Gasteiger partial charge is 0.326 e. The van der Waals surface area contributed by atoms with E-state index in [9.17, 15) is 4.79 Å². The summed E-state index contributed by atoms with van der Waals surface area (Å²) >= 11 is 0. The lowest BCUT2D eigenvalue weighted by atomic mass is 10.2. The van der Waals surface area contributed by atoms with Gasteiger partial charge in [-0.2, -0.15) is 0 Å². The third-order valence-corrected chi connectivity index (χ3v) is 3.17. The van der Waals surface area contributed by atoms with E-state index in [1.54, 1.807) is 0 Å². The predicted octanol–water partition coefficient (Wildman–Crippen LogP) is 1.23. The third kappa shape index (κ3) is 4.13. The summed E-state index contributed by atoms with van der Waals surface area (Å²) in [4.78, 5) is 14.1. The normalized spacial score (nSPS) is 16.5. The van der Waals surface area contributed by atoms with E-state index in [2.05, 4.69) is 15.5 Å². The van der Waals surface area contributed by atoms with Crippen molar-refractivity contribution < 1.29 is 4.79 Å². The van der Waals surface area contributed by atoms with Crippen LogP contribution in [0.1, 0.15) is 12.0 Å². The Morgan fingerprint density at radius 1 is 1.39 bits per heavy atom. The Morgan fingerprint density at radius 2 is 2.17 bits per heavy atom. The van der Waals surface area contributed by atoms with Crippen LogP contribution in [-0.4, -0.2) is 43.5 Å². The highest BCUT2D eigenvalue weighted by atomic mass is 16.1. The molecule has 0 spiro atoms. The number of aryl methyl sites for hydroxylation is 1. The average Bonchev–Trinajstić information content (AvgIpc) is 2.38. The van der Waals surface area contributed by atoms with Crippen LogP contribution in [0.2, 0.25) is 0 Å². The molecule has 0 radical (unpaired) electrons. The van der Waals surface area contributed by atoms with Crippen molar-refractivity contribution >= 4 is 11.6 Å². The van der Waals surface area contributed by atoms with E-state index >= 15 is 0 Å². The quantitative estimate of drug-likeness (QED) is 0.841. The monoisotopic (exact) mass is 247 g/mol. The maximum atomic E-state index is 11.8. The van der Waals surface area contributed by atoms with Gasteiger partial charge in [0.05, 0.1) is 0 Å². The lowest BCUT2D eigenvalue weighted by Crippen LogP contribution is -2.44. The lowest BCUT2D eigenvalue weighted by molar-refractivity contribution is -0.116. The molecular formula is C14H21N3O. The van der Waals surface area contributed by atoms with Crippen molar-refractivity contribution in [3.63, 3.8) is 0 Å². The number of carbonyl (C=O) groups excluding carboxylic acids is 1. The summed E-state index contributed by atoms with van der Waals surface area (Å²) < 4.78 is 0. The van der Waals surface area contributed by atoms with Gasteiger partial charge in [0.25, 0.3) is 0 Å². The van der Waals surface area contributed by atoms with Crippen molar-refractivity contribution in [2.24, 2.45) is 0 Å². The first-order valence-corrected chi connectivity index (χ1v) is 6.53. The Morgan fingerprint density at radius 3 is 2.89 bits per heavy atom. The zero-order valence-electron chi connectivity index (χ0n) is 10.9. The molecule has 1 aliphatic rings. The summed E-state index contributed by atoms with van der Waals surface area (Å²) in [5, 5.41) is 6.25. The molecule has 1 aliphatic heterocycles. The van der Waals surface area contributed by atoms with E-state index in [0.717, 1.165) is 44.0 Å². The highest BCUT2D eigenvalue weighted by Gasteiger charge is 2.11. The number of hydrogen-bond donors (Lipinski definition) is 2. The van der Waals surface area contributed by atoms with E-state index < -0.39 is 0 Å². The summed E-state index contributed by atoms with van der Waals surface area (Å²) in [7, 11) is 0. The average molecular weight is 247 g/mol. The molecule has 0 aliphatic carbocycles. The molecule has 0 aromatic heterocycles. The van der Waals surface area contributed by atoms with E-state index in [-0.39, 0.29) is 5.91 Å². The third-order valence-electron chi connectivity index (χ3n) is 3.17. The maximum Gasteiger partial charge on any atom is 0.225 e. The van der Waals surface area contributed by atoms with Crippen LogP contribution >= 0.6 is 0 Å². The predicted molar refractivity (Wildman–Crippen MR) is 73.7 cm³/mol. The number of hydrogen-bond acceptors (Lipinski definition) is 3. The standard InChI is InChI=1S/C14H21N3O/c1-12-3-2-4-13(11-12)16-14(18)5-8-17-9-6-15-7-10-17/h2-4,11,15H,5-10H2,1H3,(H,16,18). The van der Waals surface area contributed by atoms with Crippen LogP contribution in [0.25, 0.3) is 0 Å². The number of rotatable bonds is 4. The molecule has 4 nitrogen and oxygen atoms in total. The number of amides is 1. The van der Waals surface area contributed by atoms with Crippen LogP contribution in [0, 0.1) is 6.92 Å². The second-order valence-corrected chi connectivity index (χ2v) is 4.76. The molecule has 1 aromatic carbocycles. The van der Waals surface area contributed by atoms with Crippen molar-refractivity contribution in [2.75, 3.05) is 38.0 Å². The molecule has 1 amide bonds. The molecular weight excluding hydrogens is 226 g/mol. The Kier molecular flexibility index (Phi) is 4.73. The lowest BCUT2D eigenvalue weighted by Gasteiger charge is -2.26. The molecule has 1 fully saturated rings. The maximum absolute atomic E-state index is 11.8. The minimum absolute atomic E-state index is 0.0964. The van der Waals surface area contributed by atoms with Gasteiger partial charge >= 0.3 is 0 Å². The number of nitrogens with zero attached hydrogens (tertiary/aromatic N) is 1. The fourth-order valence-corrected chi connectivity index (χ4v) is 2.14. The molecule has 1 aromatic rings. The highest BCUT2D eigenvalue weighted by Crippen LogP contribution is 2.09. The molecule has 0 atom stereocenters. The molecule has 4 heteroatoms. The van der Waals surface area contributed by atoms with Crippen LogP contribution in [0.5, 0.6) is 0 Å². The second-order valence-electron chi connectivity index (χ2n) is 4.76. The first-order chi connectivity index (χ1) is 8.74. The van der Waals surface area contributed by atoms with Gasteiger partial charge in [0.2, 0.25) is 5.91 Å². The summed E-state index contributed by atoms with van der Waals surface area (Å²) in [6, 6.07) is 7.90. The molecule has 98 valence electrons. The van der Waals surface area contributed by atoms with Gasteiger partial charge in [0.1, 0.15) is 0 Å². The van der Waals surface area contributed by atoms with Crippen LogP contribution in [0.15, 0.2) is 24.3 Å². The Labute approximate surface area is 108 Å². The molecule has 0 bridgehead atoms. The van der Waals surface area contributed by atoms with E-state index in [1.165, 1.54) is 0 Å². The molecule has 2 N–H and O–H groups in total. The van der Waals surface area contributed by atoms with Crippen LogP contribution < -0.4 is 10.6 Å². The fourth-order valence-electron chi connectivity index (χ4n) is 2.14. The van der Waals surface area contributed by atoms with Gasteiger partial charge in [0.15, 0.2) is 0 Å². The van der Waals surface area contributed by atoms with Crippen LogP contribution in [-0.2, 0) is 4.79 Å². The van der Waals surface area contributed by atoms with Crippen LogP contribution in [0.3, 0.4) is 0 Å². The van der Waals surface area contributed by atoms with Crippen LogP contribution in [0.4, 0.5) is 5.69 Å². The van der Waals surface area contributed by atoms with Gasteiger partial charge < -0.3 is 15.5 Å². The number of benzene rings is 1. The minimum atomic E-state index is 0.0964. The fraction of sp³-hybridized carbons (Fsp3) is 0.500. The highest BCUT2D eigenvalue weighted by molar-refractivity contribution is 5.90. The molecule has 0 saturated carbocycles. The summed E-state index contributed by atoms with van der Waals surface area (Å²) in [6.45, 7) is 7.00. The summed E-state index contributed by atoms with van der Waals surface area (Å²) in [6.07, 6.45) is 0.563. The smallest absolute Gasteiger partial charge is 0.225 e. The number of anilines is 1. The first kappa shape index (κ1) is 13.1. The zero-order chi connectivity index (χ0) is 12.8.